The molecule has 0 aliphatic carbocycles. The molecule has 140 valence electrons. The summed E-state index contributed by atoms with van der Waals surface area (Å²) >= 11 is 11.7. The van der Waals surface area contributed by atoms with Crippen molar-refractivity contribution < 1.29 is 9.15 Å². The maximum Gasteiger partial charge on any atom is 0.174 e. The second kappa shape index (κ2) is 8.93. The van der Waals surface area contributed by atoms with Gasteiger partial charge in [0, 0.05) is 11.6 Å². The van der Waals surface area contributed by atoms with Gasteiger partial charge in [-0.1, -0.05) is 29.8 Å². The van der Waals surface area contributed by atoms with Gasteiger partial charge in [-0.3, -0.25) is 0 Å². The number of anilines is 1. The molecule has 0 amide bonds. The second-order valence-electron chi connectivity index (χ2n) is 6.20. The average molecular weight is 401 g/mol. The number of nitrogens with zero attached hydrogens (tertiary/aromatic N) is 1. The molecule has 0 spiro atoms. The first-order valence-corrected chi connectivity index (χ1v) is 9.31. The number of hydrogen-bond donors (Lipinski definition) is 1. The van der Waals surface area contributed by atoms with Crippen LogP contribution in [0.2, 0.25) is 5.02 Å². The van der Waals surface area contributed by atoms with E-state index in [2.05, 4.69) is 5.32 Å². The number of benzene rings is 2. The molecule has 1 heterocycles. The minimum Gasteiger partial charge on any atom is -0.495 e. The van der Waals surface area contributed by atoms with Crippen molar-refractivity contribution in [1.82, 2.24) is 4.90 Å². The predicted octanol–water partition coefficient (Wildman–Crippen LogP) is 5.65. The van der Waals surface area contributed by atoms with E-state index in [0.717, 1.165) is 28.3 Å². The number of furan rings is 1. The van der Waals surface area contributed by atoms with E-state index in [1.54, 1.807) is 13.4 Å². The first-order valence-electron chi connectivity index (χ1n) is 8.52. The molecule has 0 bridgehead atoms. The van der Waals surface area contributed by atoms with Gasteiger partial charge in [0.25, 0.3) is 0 Å². The minimum atomic E-state index is 0.551. The number of methoxy groups -OCH3 is 1. The molecule has 27 heavy (non-hydrogen) atoms. The van der Waals surface area contributed by atoms with Gasteiger partial charge in [0.1, 0.15) is 11.5 Å². The third-order valence-corrected chi connectivity index (χ3v) is 4.71. The van der Waals surface area contributed by atoms with E-state index in [-0.39, 0.29) is 0 Å². The van der Waals surface area contributed by atoms with Gasteiger partial charge in [0.2, 0.25) is 0 Å². The van der Waals surface area contributed by atoms with Gasteiger partial charge >= 0.3 is 0 Å². The van der Waals surface area contributed by atoms with Gasteiger partial charge in [0.05, 0.1) is 25.6 Å². The molecule has 1 aromatic heterocycles. The van der Waals surface area contributed by atoms with Gasteiger partial charge in [-0.2, -0.15) is 0 Å². The lowest BCUT2D eigenvalue weighted by molar-refractivity contribution is 0.360. The van der Waals surface area contributed by atoms with E-state index in [1.807, 2.05) is 66.4 Å². The average Bonchev–Trinajstić information content (AvgIpc) is 3.16. The number of rotatable bonds is 6. The molecule has 0 aliphatic rings. The Balaban J connectivity index is 1.81. The Morgan fingerprint density at radius 2 is 1.93 bits per heavy atom. The van der Waals surface area contributed by atoms with E-state index >= 15 is 0 Å². The third kappa shape index (κ3) is 5.25. The summed E-state index contributed by atoms with van der Waals surface area (Å²) in [4.78, 5) is 2.04. The molecule has 2 aromatic carbocycles. The van der Waals surface area contributed by atoms with Crippen molar-refractivity contribution >= 4 is 34.6 Å². The molecule has 3 aromatic rings. The molecule has 0 saturated heterocycles. The molecule has 1 N–H and O–H groups in total. The van der Waals surface area contributed by atoms with Gasteiger partial charge in [-0.15, -0.1) is 0 Å². The maximum absolute atomic E-state index is 6.00. The van der Waals surface area contributed by atoms with E-state index < -0.39 is 0 Å². The summed E-state index contributed by atoms with van der Waals surface area (Å²) < 4.78 is 11.0. The first-order chi connectivity index (χ1) is 13.0. The van der Waals surface area contributed by atoms with Crippen molar-refractivity contribution in [2.75, 3.05) is 12.4 Å². The fourth-order valence-corrected chi connectivity index (χ4v) is 3.08. The summed E-state index contributed by atoms with van der Waals surface area (Å²) in [5, 5.41) is 4.61. The highest BCUT2D eigenvalue weighted by Gasteiger charge is 2.15. The van der Waals surface area contributed by atoms with E-state index in [9.17, 15) is 0 Å². The molecule has 6 heteroatoms. The van der Waals surface area contributed by atoms with E-state index in [1.165, 1.54) is 0 Å². The summed E-state index contributed by atoms with van der Waals surface area (Å²) in [5.41, 5.74) is 3.06. The summed E-state index contributed by atoms with van der Waals surface area (Å²) in [6, 6.07) is 17.5. The topological polar surface area (TPSA) is 37.6 Å². The highest BCUT2D eigenvalue weighted by molar-refractivity contribution is 7.80. The molecular weight excluding hydrogens is 380 g/mol. The number of nitrogens with one attached hydrogen (secondary N) is 1. The van der Waals surface area contributed by atoms with Crippen LogP contribution in [0.4, 0.5) is 5.69 Å². The third-order valence-electron chi connectivity index (χ3n) is 4.10. The van der Waals surface area contributed by atoms with Crippen LogP contribution in [0.15, 0.2) is 65.3 Å². The van der Waals surface area contributed by atoms with Crippen molar-refractivity contribution in [2.45, 2.75) is 20.0 Å². The Morgan fingerprint density at radius 1 is 1.15 bits per heavy atom. The molecule has 0 atom stereocenters. The van der Waals surface area contributed by atoms with Crippen LogP contribution in [-0.4, -0.2) is 17.1 Å². The lowest BCUT2D eigenvalue weighted by Crippen LogP contribution is -2.33. The molecule has 4 nitrogen and oxygen atoms in total. The number of ether oxygens (including phenoxy) is 1. The Kier molecular flexibility index (Phi) is 6.37. The lowest BCUT2D eigenvalue weighted by atomic mass is 10.2. The lowest BCUT2D eigenvalue weighted by Gasteiger charge is -2.26. The zero-order valence-corrected chi connectivity index (χ0v) is 16.8. The first kappa shape index (κ1) is 19.3. The standard InChI is InChI=1S/C21H21ClN2O2S/c1-15-5-10-20(25-2)19(12-15)23-21(27)24(14-18-4-3-11-26-18)13-16-6-8-17(22)9-7-16/h3-12H,13-14H2,1-2H3,(H,23,27). The van der Waals surface area contributed by atoms with Crippen molar-refractivity contribution in [3.05, 3.63) is 82.8 Å². The van der Waals surface area contributed by atoms with E-state index in [0.29, 0.717) is 23.2 Å². The highest BCUT2D eigenvalue weighted by atomic mass is 35.5. The van der Waals surface area contributed by atoms with Crippen LogP contribution in [0.5, 0.6) is 5.75 Å². The normalized spacial score (nSPS) is 10.5. The van der Waals surface area contributed by atoms with Crippen LogP contribution in [0.3, 0.4) is 0 Å². The summed E-state index contributed by atoms with van der Waals surface area (Å²) in [5.74, 6) is 1.58. The summed E-state index contributed by atoms with van der Waals surface area (Å²) in [6.45, 7) is 3.20. The zero-order valence-electron chi connectivity index (χ0n) is 15.2. The van der Waals surface area contributed by atoms with Crippen molar-refractivity contribution in [3.63, 3.8) is 0 Å². The van der Waals surface area contributed by atoms with Crippen LogP contribution in [0.1, 0.15) is 16.9 Å². The second-order valence-corrected chi connectivity index (χ2v) is 7.02. The fourth-order valence-electron chi connectivity index (χ4n) is 2.71. The Hall–Kier alpha value is -2.50. The van der Waals surface area contributed by atoms with Crippen LogP contribution < -0.4 is 10.1 Å². The SMILES string of the molecule is COc1ccc(C)cc1NC(=S)N(Cc1ccc(Cl)cc1)Cc1ccco1. The van der Waals surface area contributed by atoms with Crippen LogP contribution >= 0.6 is 23.8 Å². The molecule has 0 saturated carbocycles. The maximum atomic E-state index is 6.00. The number of hydrogen-bond acceptors (Lipinski definition) is 3. The Bertz CT molecular complexity index is 895. The summed E-state index contributed by atoms with van der Waals surface area (Å²) in [6.07, 6.45) is 1.66. The van der Waals surface area contributed by atoms with Gasteiger partial charge < -0.3 is 19.4 Å². The van der Waals surface area contributed by atoms with Crippen LogP contribution in [-0.2, 0) is 13.1 Å². The van der Waals surface area contributed by atoms with Gasteiger partial charge in [0.15, 0.2) is 5.11 Å². The monoisotopic (exact) mass is 400 g/mol. The molecule has 0 aliphatic heterocycles. The smallest absolute Gasteiger partial charge is 0.174 e. The summed E-state index contributed by atoms with van der Waals surface area (Å²) in [7, 11) is 1.65. The molecule has 0 fully saturated rings. The van der Waals surface area contributed by atoms with Crippen molar-refractivity contribution in [3.8, 4) is 5.75 Å². The molecule has 0 unspecified atom stereocenters. The Morgan fingerprint density at radius 3 is 2.59 bits per heavy atom. The fraction of sp³-hybridized carbons (Fsp3) is 0.190. The molecular formula is C21H21ClN2O2S. The molecule has 3 rings (SSSR count). The van der Waals surface area contributed by atoms with Crippen molar-refractivity contribution in [2.24, 2.45) is 0 Å². The van der Waals surface area contributed by atoms with Crippen LogP contribution in [0.25, 0.3) is 0 Å². The van der Waals surface area contributed by atoms with Crippen molar-refractivity contribution in [1.29, 1.82) is 0 Å². The molecule has 0 radical (unpaired) electrons. The highest BCUT2D eigenvalue weighted by Crippen LogP contribution is 2.26. The Labute approximate surface area is 169 Å². The number of halogens is 1. The largest absolute Gasteiger partial charge is 0.495 e. The number of thiocarbonyl (C=S) groups is 1. The van der Waals surface area contributed by atoms with Crippen LogP contribution in [0, 0.1) is 6.92 Å². The van der Waals surface area contributed by atoms with E-state index in [4.69, 9.17) is 33.0 Å². The van der Waals surface area contributed by atoms with Gasteiger partial charge in [-0.25, -0.2) is 0 Å². The zero-order chi connectivity index (χ0) is 19.2. The van der Waals surface area contributed by atoms with Gasteiger partial charge in [-0.05, 0) is 66.7 Å². The number of aryl methyl sites for hydroxylation is 1. The minimum absolute atomic E-state index is 0.551. The predicted molar refractivity (Wildman–Crippen MR) is 113 cm³/mol. The quantitative estimate of drug-likeness (QED) is 0.541.